The van der Waals surface area contributed by atoms with Crippen molar-refractivity contribution in [2.75, 3.05) is 0 Å². The molecule has 0 aliphatic carbocycles. The molecule has 0 bridgehead atoms. The predicted octanol–water partition coefficient (Wildman–Crippen LogP) is 6.01. The monoisotopic (exact) mass is 497 g/mol. The number of hydrogen-bond acceptors (Lipinski definition) is 1. The van der Waals surface area contributed by atoms with Gasteiger partial charge in [-0.2, -0.15) is 0 Å². The summed E-state index contributed by atoms with van der Waals surface area (Å²) in [6.07, 6.45) is 1.96. The molecule has 1 radical (unpaired) electrons. The van der Waals surface area contributed by atoms with Gasteiger partial charge >= 0.3 is 0 Å². The van der Waals surface area contributed by atoms with E-state index in [1.807, 2.05) is 18.3 Å². The second-order valence-electron chi connectivity index (χ2n) is 5.99. The smallest absolute Gasteiger partial charge is 0.0239 e. The maximum atomic E-state index is 4.74. The van der Waals surface area contributed by atoms with Gasteiger partial charge in [-0.15, -0.1) is 29.7 Å². The Kier molecular flexibility index (Phi) is 4.09. The largest absolute Gasteiger partial charge is 0.303 e. The molecule has 1 heterocycles. The zero-order valence-electron chi connectivity index (χ0n) is 13.4. The Hall–Kier alpha value is -2.54. The fraction of sp³-hybridized carbons (Fsp3) is 0. The molecule has 25 heavy (non-hydrogen) atoms. The first-order valence-electron chi connectivity index (χ1n) is 8.08. The second-order valence-corrected chi connectivity index (χ2v) is 5.99. The van der Waals surface area contributed by atoms with E-state index < -0.39 is 0 Å². The molecule has 0 aliphatic heterocycles. The van der Waals surface area contributed by atoms with Crippen LogP contribution in [0, 0.1) is 6.07 Å². The maximum absolute atomic E-state index is 4.74. The van der Waals surface area contributed by atoms with E-state index in [1.54, 1.807) is 0 Å². The van der Waals surface area contributed by atoms with E-state index in [9.17, 15) is 0 Å². The minimum atomic E-state index is 0. The first-order chi connectivity index (χ1) is 11.9. The number of hydrogen-bond donors (Lipinski definition) is 0. The van der Waals surface area contributed by atoms with Crippen molar-refractivity contribution in [1.29, 1.82) is 0 Å². The van der Waals surface area contributed by atoms with Crippen LogP contribution in [0.15, 0.2) is 85.1 Å². The van der Waals surface area contributed by atoms with Crippen molar-refractivity contribution >= 4 is 32.4 Å². The zero-order valence-corrected chi connectivity index (χ0v) is 15.8. The topological polar surface area (TPSA) is 12.9 Å². The number of aromatic nitrogens is 1. The van der Waals surface area contributed by atoms with Crippen LogP contribution in [0.25, 0.3) is 43.6 Å². The summed E-state index contributed by atoms with van der Waals surface area (Å²) in [4.78, 5) is 4.74. The van der Waals surface area contributed by atoms with Gasteiger partial charge in [0.2, 0.25) is 0 Å². The van der Waals surface area contributed by atoms with Gasteiger partial charge < -0.3 is 4.98 Å². The molecule has 0 unspecified atom stereocenters. The molecule has 0 aliphatic rings. The van der Waals surface area contributed by atoms with Crippen LogP contribution in [-0.2, 0) is 20.1 Å². The fourth-order valence-corrected chi connectivity index (χ4v) is 3.47. The first kappa shape index (κ1) is 16.0. The van der Waals surface area contributed by atoms with E-state index in [0.717, 1.165) is 10.9 Å². The predicted molar refractivity (Wildman–Crippen MR) is 101 cm³/mol. The van der Waals surface area contributed by atoms with E-state index in [-0.39, 0.29) is 20.1 Å². The van der Waals surface area contributed by atoms with Gasteiger partial charge in [0.15, 0.2) is 0 Å². The van der Waals surface area contributed by atoms with Crippen LogP contribution >= 0.6 is 0 Å². The van der Waals surface area contributed by atoms with E-state index in [1.165, 1.54) is 32.7 Å². The van der Waals surface area contributed by atoms with Crippen molar-refractivity contribution in [2.24, 2.45) is 0 Å². The van der Waals surface area contributed by atoms with Crippen LogP contribution in [0.2, 0.25) is 0 Å². The summed E-state index contributed by atoms with van der Waals surface area (Å²) < 4.78 is 0. The average molecular weight is 497 g/mol. The Morgan fingerprint density at radius 3 is 2.36 bits per heavy atom. The number of fused-ring (bicyclic) bond motifs is 5. The Morgan fingerprint density at radius 2 is 1.48 bits per heavy atom. The SMILES string of the molecule is [Ir].[c-]1cccc2c(-c3ccccc3)cc3c4ccccc4cnc3c12. The molecule has 0 saturated heterocycles. The zero-order chi connectivity index (χ0) is 15.9. The third-order valence-corrected chi connectivity index (χ3v) is 4.60. The number of nitrogens with zero attached hydrogens (tertiary/aromatic N) is 1. The normalized spacial score (nSPS) is 10.9. The maximum Gasteiger partial charge on any atom is 0.0239 e. The Bertz CT molecular complexity index is 1200. The quantitative estimate of drug-likeness (QED) is 0.205. The third-order valence-electron chi connectivity index (χ3n) is 4.60. The summed E-state index contributed by atoms with van der Waals surface area (Å²) in [6, 6.07) is 30.8. The molecule has 121 valence electrons. The molecule has 5 aromatic rings. The van der Waals surface area contributed by atoms with Crippen molar-refractivity contribution in [3.63, 3.8) is 0 Å². The minimum absolute atomic E-state index is 0. The van der Waals surface area contributed by atoms with E-state index in [0.29, 0.717) is 0 Å². The van der Waals surface area contributed by atoms with E-state index in [2.05, 4.69) is 72.8 Å². The summed E-state index contributed by atoms with van der Waals surface area (Å²) in [7, 11) is 0. The fourth-order valence-electron chi connectivity index (χ4n) is 3.47. The molecule has 1 nitrogen and oxygen atoms in total. The van der Waals surface area contributed by atoms with E-state index in [4.69, 9.17) is 4.98 Å². The van der Waals surface area contributed by atoms with Crippen molar-refractivity contribution in [3.8, 4) is 11.1 Å². The molecule has 1 aromatic heterocycles. The molecule has 2 heteroatoms. The molecule has 0 atom stereocenters. The average Bonchev–Trinajstić information content (AvgIpc) is 2.67. The third kappa shape index (κ3) is 2.55. The number of benzene rings is 4. The van der Waals surface area contributed by atoms with Gasteiger partial charge in [0, 0.05) is 26.3 Å². The minimum Gasteiger partial charge on any atom is -0.303 e. The Morgan fingerprint density at radius 1 is 0.720 bits per heavy atom. The first-order valence-corrected chi connectivity index (χ1v) is 8.08. The molecular formula is C23H14IrN-. The molecular weight excluding hydrogens is 482 g/mol. The van der Waals surface area contributed by atoms with Crippen LogP contribution in [-0.4, -0.2) is 4.98 Å². The molecule has 0 N–H and O–H groups in total. The van der Waals surface area contributed by atoms with Crippen molar-refractivity contribution < 1.29 is 20.1 Å². The van der Waals surface area contributed by atoms with Gasteiger partial charge in [-0.1, -0.05) is 71.6 Å². The van der Waals surface area contributed by atoms with Gasteiger partial charge in [0.1, 0.15) is 0 Å². The van der Waals surface area contributed by atoms with Gasteiger partial charge in [-0.3, -0.25) is 0 Å². The molecule has 4 aromatic carbocycles. The van der Waals surface area contributed by atoms with E-state index >= 15 is 0 Å². The molecule has 0 spiro atoms. The number of rotatable bonds is 1. The summed E-state index contributed by atoms with van der Waals surface area (Å²) >= 11 is 0. The molecule has 0 saturated carbocycles. The van der Waals surface area contributed by atoms with Gasteiger partial charge in [0.05, 0.1) is 0 Å². The van der Waals surface area contributed by atoms with Crippen LogP contribution in [0.4, 0.5) is 0 Å². The van der Waals surface area contributed by atoms with Crippen LogP contribution in [0.1, 0.15) is 0 Å². The Balaban J connectivity index is 0.00000157. The van der Waals surface area contributed by atoms with Crippen LogP contribution in [0.5, 0.6) is 0 Å². The molecule has 0 amide bonds. The Labute approximate surface area is 159 Å². The molecule has 0 fully saturated rings. The summed E-state index contributed by atoms with van der Waals surface area (Å²) in [5.41, 5.74) is 3.47. The van der Waals surface area contributed by atoms with Crippen LogP contribution < -0.4 is 0 Å². The number of pyridine rings is 1. The van der Waals surface area contributed by atoms with Gasteiger partial charge in [0.25, 0.3) is 0 Å². The summed E-state index contributed by atoms with van der Waals surface area (Å²) in [5.74, 6) is 0. The summed E-state index contributed by atoms with van der Waals surface area (Å²) in [6.45, 7) is 0. The standard InChI is InChI=1S/C23H14N.Ir/c1-2-8-16(9-3-1)21-14-22-18-11-5-4-10-17(18)15-24-23(22)20-13-7-6-12-19(20)21;/h1-12,14-15H;/q-1;. The molecule has 5 rings (SSSR count). The van der Waals surface area contributed by atoms with Crippen molar-refractivity contribution in [2.45, 2.75) is 0 Å². The second kappa shape index (κ2) is 6.40. The van der Waals surface area contributed by atoms with Gasteiger partial charge in [-0.25, -0.2) is 0 Å². The summed E-state index contributed by atoms with van der Waals surface area (Å²) in [5, 5.41) is 5.86. The van der Waals surface area contributed by atoms with Crippen LogP contribution in [0.3, 0.4) is 0 Å². The van der Waals surface area contributed by atoms with Gasteiger partial charge in [-0.05, 0) is 27.2 Å². The van der Waals surface area contributed by atoms with Crippen molar-refractivity contribution in [1.82, 2.24) is 4.98 Å². The van der Waals surface area contributed by atoms with Crippen molar-refractivity contribution in [3.05, 3.63) is 91.1 Å².